The second-order valence-corrected chi connectivity index (χ2v) is 5.32. The van der Waals surface area contributed by atoms with E-state index in [1.807, 2.05) is 26.0 Å². The molecule has 2 rings (SSSR count). The minimum atomic E-state index is 0.263. The molecule has 1 atom stereocenters. The van der Waals surface area contributed by atoms with E-state index in [0.29, 0.717) is 0 Å². The monoisotopic (exact) mass is 288 g/mol. The van der Waals surface area contributed by atoms with Gasteiger partial charge in [-0.25, -0.2) is 0 Å². The molecule has 0 fully saturated rings. The maximum atomic E-state index is 5.60. The largest absolute Gasteiger partial charge is 0.494 e. The molecule has 1 N–H and O–H groups in total. The summed E-state index contributed by atoms with van der Waals surface area (Å²) in [5, 5.41) is 7.48. The predicted molar refractivity (Wildman–Crippen MR) is 83.5 cm³/mol. The molecular weight excluding hydrogens is 264 g/mol. The fraction of sp³-hybridized carbons (Fsp3) is 0.471. The molecule has 0 saturated heterocycles. The van der Waals surface area contributed by atoms with Gasteiger partial charge in [0.2, 0.25) is 0 Å². The van der Waals surface area contributed by atoms with E-state index < -0.39 is 0 Å². The zero-order chi connectivity index (χ0) is 15.2. The van der Waals surface area contributed by atoms with Crippen LogP contribution in [0.3, 0.4) is 0 Å². The standard InChI is InChI=1S/C17H24N2O2/c1-5-10-20-16-8-6-15(7-9-16)12(2)18-11-17-13(3)19-21-14(17)4/h6-9,12,18H,5,10-11H2,1-4H3. The van der Waals surface area contributed by atoms with E-state index in [1.165, 1.54) is 5.56 Å². The quantitative estimate of drug-likeness (QED) is 0.838. The number of aromatic nitrogens is 1. The molecule has 4 heteroatoms. The smallest absolute Gasteiger partial charge is 0.138 e. The third-order valence-corrected chi connectivity index (χ3v) is 3.62. The van der Waals surface area contributed by atoms with E-state index in [2.05, 4.69) is 36.5 Å². The lowest BCUT2D eigenvalue weighted by Crippen LogP contribution is -2.18. The molecule has 1 aromatic heterocycles. The van der Waals surface area contributed by atoms with Gasteiger partial charge in [-0.15, -0.1) is 0 Å². The van der Waals surface area contributed by atoms with Crippen molar-refractivity contribution in [3.8, 4) is 5.75 Å². The molecular formula is C17H24N2O2. The maximum absolute atomic E-state index is 5.60. The minimum Gasteiger partial charge on any atom is -0.494 e. The fourth-order valence-corrected chi connectivity index (χ4v) is 2.20. The highest BCUT2D eigenvalue weighted by Gasteiger charge is 2.11. The van der Waals surface area contributed by atoms with Gasteiger partial charge < -0.3 is 14.6 Å². The van der Waals surface area contributed by atoms with Crippen LogP contribution in [0.2, 0.25) is 0 Å². The number of hydrogen-bond acceptors (Lipinski definition) is 4. The van der Waals surface area contributed by atoms with Crippen LogP contribution >= 0.6 is 0 Å². The lowest BCUT2D eigenvalue weighted by atomic mass is 10.1. The summed E-state index contributed by atoms with van der Waals surface area (Å²) in [5.41, 5.74) is 3.34. The van der Waals surface area contributed by atoms with Crippen LogP contribution in [0, 0.1) is 13.8 Å². The molecule has 4 nitrogen and oxygen atoms in total. The number of nitrogens with one attached hydrogen (secondary N) is 1. The third-order valence-electron chi connectivity index (χ3n) is 3.62. The molecule has 0 bridgehead atoms. The number of benzene rings is 1. The highest BCUT2D eigenvalue weighted by Crippen LogP contribution is 2.19. The lowest BCUT2D eigenvalue weighted by Gasteiger charge is -2.15. The minimum absolute atomic E-state index is 0.263. The van der Waals surface area contributed by atoms with Crippen molar-refractivity contribution in [2.75, 3.05) is 6.61 Å². The average molecular weight is 288 g/mol. The van der Waals surface area contributed by atoms with E-state index in [-0.39, 0.29) is 6.04 Å². The molecule has 1 unspecified atom stereocenters. The molecule has 0 aliphatic carbocycles. The van der Waals surface area contributed by atoms with Crippen LogP contribution in [0.4, 0.5) is 0 Å². The first-order chi connectivity index (χ1) is 10.1. The average Bonchev–Trinajstić information content (AvgIpc) is 2.82. The zero-order valence-corrected chi connectivity index (χ0v) is 13.3. The van der Waals surface area contributed by atoms with Gasteiger partial charge in [-0.3, -0.25) is 0 Å². The molecule has 114 valence electrons. The Labute approximate surface area is 126 Å². The fourth-order valence-electron chi connectivity index (χ4n) is 2.20. The molecule has 0 aliphatic rings. The van der Waals surface area contributed by atoms with Crippen molar-refractivity contribution < 1.29 is 9.26 Å². The number of rotatable bonds is 7. The van der Waals surface area contributed by atoms with Gasteiger partial charge in [-0.1, -0.05) is 24.2 Å². The molecule has 21 heavy (non-hydrogen) atoms. The topological polar surface area (TPSA) is 47.3 Å². The van der Waals surface area contributed by atoms with Crippen LogP contribution in [-0.4, -0.2) is 11.8 Å². The van der Waals surface area contributed by atoms with Crippen molar-refractivity contribution in [3.63, 3.8) is 0 Å². The second-order valence-electron chi connectivity index (χ2n) is 5.32. The van der Waals surface area contributed by atoms with Gasteiger partial charge in [0.15, 0.2) is 0 Å². The lowest BCUT2D eigenvalue weighted by molar-refractivity contribution is 0.317. The number of nitrogens with zero attached hydrogens (tertiary/aromatic N) is 1. The first-order valence-electron chi connectivity index (χ1n) is 7.49. The Morgan fingerprint density at radius 3 is 2.52 bits per heavy atom. The summed E-state index contributed by atoms with van der Waals surface area (Å²) in [6, 6.07) is 8.53. The number of hydrogen-bond donors (Lipinski definition) is 1. The maximum Gasteiger partial charge on any atom is 0.138 e. The summed E-state index contributed by atoms with van der Waals surface area (Å²) in [6.45, 7) is 9.70. The molecule has 1 aromatic carbocycles. The van der Waals surface area contributed by atoms with Gasteiger partial charge in [-0.05, 0) is 44.9 Å². The molecule has 0 spiro atoms. The SMILES string of the molecule is CCCOc1ccc(C(C)NCc2c(C)noc2C)cc1. The van der Waals surface area contributed by atoms with Crippen molar-refractivity contribution in [2.24, 2.45) is 0 Å². The molecule has 0 saturated carbocycles. The molecule has 0 radical (unpaired) electrons. The summed E-state index contributed by atoms with van der Waals surface area (Å²) in [7, 11) is 0. The summed E-state index contributed by atoms with van der Waals surface area (Å²) in [6.07, 6.45) is 1.02. The second kappa shape index (κ2) is 7.27. The Bertz CT molecular complexity index is 541. The highest BCUT2D eigenvalue weighted by molar-refractivity contribution is 5.29. The Morgan fingerprint density at radius 2 is 1.95 bits per heavy atom. The summed E-state index contributed by atoms with van der Waals surface area (Å²) < 4.78 is 10.8. The Hall–Kier alpha value is -1.81. The van der Waals surface area contributed by atoms with Crippen molar-refractivity contribution >= 4 is 0 Å². The van der Waals surface area contributed by atoms with Gasteiger partial charge >= 0.3 is 0 Å². The summed E-state index contributed by atoms with van der Waals surface area (Å²) in [4.78, 5) is 0. The van der Waals surface area contributed by atoms with E-state index in [1.54, 1.807) is 0 Å². The van der Waals surface area contributed by atoms with Gasteiger partial charge in [0.05, 0.1) is 12.3 Å². The van der Waals surface area contributed by atoms with Crippen LogP contribution < -0.4 is 10.1 Å². The van der Waals surface area contributed by atoms with Gasteiger partial charge in [0.25, 0.3) is 0 Å². The number of ether oxygens (including phenoxy) is 1. The van der Waals surface area contributed by atoms with Crippen LogP contribution in [0.5, 0.6) is 5.75 Å². The van der Waals surface area contributed by atoms with Crippen molar-refractivity contribution in [1.29, 1.82) is 0 Å². The van der Waals surface area contributed by atoms with Crippen LogP contribution in [0.25, 0.3) is 0 Å². The van der Waals surface area contributed by atoms with Crippen LogP contribution in [0.1, 0.15) is 48.9 Å². The van der Waals surface area contributed by atoms with Crippen LogP contribution in [-0.2, 0) is 6.54 Å². The Kier molecular flexibility index (Phi) is 5.39. The first-order valence-corrected chi connectivity index (χ1v) is 7.49. The zero-order valence-electron chi connectivity index (χ0n) is 13.3. The molecule has 1 heterocycles. The van der Waals surface area contributed by atoms with Crippen molar-refractivity contribution in [2.45, 2.75) is 46.7 Å². The molecule has 0 amide bonds. The van der Waals surface area contributed by atoms with E-state index >= 15 is 0 Å². The van der Waals surface area contributed by atoms with Crippen molar-refractivity contribution in [3.05, 3.63) is 46.8 Å². The molecule has 2 aromatic rings. The predicted octanol–water partition coefficient (Wildman–Crippen LogP) is 3.93. The molecule has 0 aliphatic heterocycles. The summed E-state index contributed by atoms with van der Waals surface area (Å²) >= 11 is 0. The van der Waals surface area contributed by atoms with E-state index in [0.717, 1.165) is 42.3 Å². The van der Waals surface area contributed by atoms with E-state index in [4.69, 9.17) is 9.26 Å². The summed E-state index contributed by atoms with van der Waals surface area (Å²) in [5.74, 6) is 1.81. The number of aryl methyl sites for hydroxylation is 2. The van der Waals surface area contributed by atoms with Crippen LogP contribution in [0.15, 0.2) is 28.8 Å². The van der Waals surface area contributed by atoms with Gasteiger partial charge in [0, 0.05) is 18.2 Å². The Balaban J connectivity index is 1.92. The third kappa shape index (κ3) is 4.08. The van der Waals surface area contributed by atoms with E-state index in [9.17, 15) is 0 Å². The van der Waals surface area contributed by atoms with Gasteiger partial charge in [-0.2, -0.15) is 0 Å². The highest BCUT2D eigenvalue weighted by atomic mass is 16.5. The van der Waals surface area contributed by atoms with Gasteiger partial charge in [0.1, 0.15) is 11.5 Å². The normalized spacial score (nSPS) is 12.4. The first kappa shape index (κ1) is 15.6. The van der Waals surface area contributed by atoms with Crippen molar-refractivity contribution in [1.82, 2.24) is 10.5 Å². The Morgan fingerprint density at radius 1 is 1.24 bits per heavy atom.